The van der Waals surface area contributed by atoms with Crippen LogP contribution in [0.3, 0.4) is 0 Å². The molecular weight excluding hydrogens is 184 g/mol. The second-order valence-electron chi connectivity index (χ2n) is 2.44. The molecule has 0 aromatic heterocycles. The molecule has 7 heteroatoms. The van der Waals surface area contributed by atoms with E-state index in [1.165, 1.54) is 0 Å². The van der Waals surface area contributed by atoms with Crippen LogP contribution in [0.5, 0.6) is 0 Å². The molecule has 0 aliphatic carbocycles. The normalized spacial score (nSPS) is 16.4. The van der Waals surface area contributed by atoms with E-state index in [2.05, 4.69) is 4.74 Å². The van der Waals surface area contributed by atoms with Gasteiger partial charge in [0.05, 0.1) is 6.61 Å². The Balaban J connectivity index is 4.48. The molecule has 0 radical (unpaired) electrons. The van der Waals surface area contributed by atoms with Crippen molar-refractivity contribution < 1.29 is 35.1 Å². The molecule has 0 saturated carbocycles. The monoisotopic (exact) mass is 196 g/mol. The number of hydrogen-bond donors (Lipinski definition) is 5. The topological polar surface area (TPSA) is 127 Å². The van der Waals surface area contributed by atoms with Crippen molar-refractivity contribution in [1.29, 1.82) is 0 Å². The van der Waals surface area contributed by atoms with Gasteiger partial charge in [-0.1, -0.05) is 0 Å². The SMILES string of the molecule is O=CO[C@@H](C(O)CO)C(O)(O)CO. The molecule has 7 nitrogen and oxygen atoms in total. The molecule has 1 unspecified atom stereocenters. The first-order chi connectivity index (χ1) is 5.99. The number of carbonyl (C=O) groups is 1. The van der Waals surface area contributed by atoms with Gasteiger partial charge in [0.1, 0.15) is 12.7 Å². The maximum atomic E-state index is 9.88. The predicted octanol–water partition coefficient (Wildman–Crippen LogP) is -3.45. The lowest BCUT2D eigenvalue weighted by atomic mass is 10.1. The quantitative estimate of drug-likeness (QED) is 0.221. The first-order valence-corrected chi connectivity index (χ1v) is 3.43. The Hall–Kier alpha value is -0.730. The third kappa shape index (κ3) is 3.25. The van der Waals surface area contributed by atoms with Gasteiger partial charge in [-0.15, -0.1) is 0 Å². The third-order valence-electron chi connectivity index (χ3n) is 1.43. The molecular formula is C6H12O7. The molecule has 0 aromatic carbocycles. The summed E-state index contributed by atoms with van der Waals surface area (Å²) in [5.41, 5.74) is 0. The van der Waals surface area contributed by atoms with Gasteiger partial charge < -0.3 is 30.3 Å². The van der Waals surface area contributed by atoms with Crippen molar-refractivity contribution in [2.75, 3.05) is 13.2 Å². The Morgan fingerprint density at radius 3 is 2.23 bits per heavy atom. The zero-order valence-electron chi connectivity index (χ0n) is 6.70. The van der Waals surface area contributed by atoms with Gasteiger partial charge in [0, 0.05) is 0 Å². The molecule has 0 fully saturated rings. The summed E-state index contributed by atoms with van der Waals surface area (Å²) in [6, 6.07) is 0. The van der Waals surface area contributed by atoms with Crippen LogP contribution in [0.25, 0.3) is 0 Å². The van der Waals surface area contributed by atoms with Gasteiger partial charge in [0.15, 0.2) is 6.10 Å². The lowest BCUT2D eigenvalue weighted by Gasteiger charge is -2.30. The molecule has 13 heavy (non-hydrogen) atoms. The average molecular weight is 196 g/mol. The van der Waals surface area contributed by atoms with Crippen LogP contribution in [0.2, 0.25) is 0 Å². The number of aliphatic hydroxyl groups excluding tert-OH is 3. The van der Waals surface area contributed by atoms with Crippen molar-refractivity contribution >= 4 is 6.47 Å². The minimum Gasteiger partial charge on any atom is -0.456 e. The van der Waals surface area contributed by atoms with E-state index in [0.29, 0.717) is 0 Å². The lowest BCUT2D eigenvalue weighted by molar-refractivity contribution is -0.268. The molecule has 0 heterocycles. The summed E-state index contributed by atoms with van der Waals surface area (Å²) in [6.45, 7) is -2.09. The van der Waals surface area contributed by atoms with E-state index in [9.17, 15) is 4.79 Å². The molecule has 2 atom stereocenters. The van der Waals surface area contributed by atoms with Crippen LogP contribution in [0.1, 0.15) is 0 Å². The van der Waals surface area contributed by atoms with Crippen LogP contribution in [-0.2, 0) is 9.53 Å². The largest absolute Gasteiger partial charge is 0.456 e. The first kappa shape index (κ1) is 12.3. The van der Waals surface area contributed by atoms with E-state index in [1.54, 1.807) is 0 Å². The van der Waals surface area contributed by atoms with Gasteiger partial charge in [-0.25, -0.2) is 0 Å². The Bertz CT molecular complexity index is 157. The van der Waals surface area contributed by atoms with Crippen LogP contribution in [0, 0.1) is 0 Å². The van der Waals surface area contributed by atoms with E-state index in [1.807, 2.05) is 0 Å². The second kappa shape index (κ2) is 5.10. The van der Waals surface area contributed by atoms with Crippen molar-refractivity contribution in [3.8, 4) is 0 Å². The summed E-state index contributed by atoms with van der Waals surface area (Å²) >= 11 is 0. The molecule has 0 aliphatic rings. The van der Waals surface area contributed by atoms with E-state index in [4.69, 9.17) is 25.5 Å². The van der Waals surface area contributed by atoms with E-state index in [0.717, 1.165) is 0 Å². The molecule has 5 N–H and O–H groups in total. The molecule has 0 amide bonds. The standard InChI is InChI=1S/C6H12O7/c7-1-4(10)5(13-3-9)6(11,12)2-8/h3-5,7-8,10-12H,1-2H2/t4?,5-/m0/s1. The van der Waals surface area contributed by atoms with E-state index >= 15 is 0 Å². The molecule has 0 aliphatic heterocycles. The van der Waals surface area contributed by atoms with Crippen molar-refractivity contribution in [2.24, 2.45) is 0 Å². The molecule has 0 bridgehead atoms. The summed E-state index contributed by atoms with van der Waals surface area (Å²) in [5.74, 6) is -2.77. The summed E-state index contributed by atoms with van der Waals surface area (Å²) < 4.78 is 4.10. The number of aliphatic hydroxyl groups is 5. The number of carbonyl (C=O) groups excluding carboxylic acids is 1. The van der Waals surface area contributed by atoms with Crippen molar-refractivity contribution in [1.82, 2.24) is 0 Å². The van der Waals surface area contributed by atoms with Gasteiger partial charge in [0.2, 0.25) is 5.79 Å². The maximum Gasteiger partial charge on any atom is 0.293 e. The average Bonchev–Trinajstić information content (AvgIpc) is 2.12. The Labute approximate surface area is 73.8 Å². The van der Waals surface area contributed by atoms with Crippen molar-refractivity contribution in [3.05, 3.63) is 0 Å². The zero-order valence-corrected chi connectivity index (χ0v) is 6.70. The Morgan fingerprint density at radius 1 is 1.38 bits per heavy atom. The molecule has 78 valence electrons. The highest BCUT2D eigenvalue weighted by Gasteiger charge is 2.40. The minimum atomic E-state index is -2.77. The second-order valence-corrected chi connectivity index (χ2v) is 2.44. The Kier molecular flexibility index (Phi) is 4.81. The summed E-state index contributed by atoms with van der Waals surface area (Å²) in [6.07, 6.45) is -3.47. The maximum absolute atomic E-state index is 9.88. The van der Waals surface area contributed by atoms with E-state index < -0.39 is 31.2 Å². The third-order valence-corrected chi connectivity index (χ3v) is 1.43. The van der Waals surface area contributed by atoms with Crippen molar-refractivity contribution in [3.63, 3.8) is 0 Å². The molecule has 0 aromatic rings. The molecule has 0 rings (SSSR count). The summed E-state index contributed by atoms with van der Waals surface area (Å²) in [7, 11) is 0. The van der Waals surface area contributed by atoms with Crippen LogP contribution in [0.4, 0.5) is 0 Å². The molecule has 0 saturated heterocycles. The van der Waals surface area contributed by atoms with Crippen LogP contribution in [-0.4, -0.2) is 63.2 Å². The lowest BCUT2D eigenvalue weighted by Crippen LogP contribution is -2.54. The predicted molar refractivity (Wildman–Crippen MR) is 38.3 cm³/mol. The first-order valence-electron chi connectivity index (χ1n) is 3.43. The number of ether oxygens (including phenoxy) is 1. The fourth-order valence-electron chi connectivity index (χ4n) is 0.753. The van der Waals surface area contributed by atoms with Crippen molar-refractivity contribution in [2.45, 2.75) is 18.0 Å². The smallest absolute Gasteiger partial charge is 0.293 e. The van der Waals surface area contributed by atoms with Gasteiger partial charge in [0.25, 0.3) is 6.47 Å². The number of rotatable bonds is 6. The highest BCUT2D eigenvalue weighted by molar-refractivity contribution is 5.37. The van der Waals surface area contributed by atoms with Gasteiger partial charge in [-0.2, -0.15) is 0 Å². The summed E-state index contributed by atoms with van der Waals surface area (Å²) in [5, 5.41) is 43.8. The number of hydrogen-bond acceptors (Lipinski definition) is 7. The van der Waals surface area contributed by atoms with Crippen LogP contribution < -0.4 is 0 Å². The zero-order chi connectivity index (χ0) is 10.5. The highest BCUT2D eigenvalue weighted by Crippen LogP contribution is 2.13. The Morgan fingerprint density at radius 2 is 1.92 bits per heavy atom. The van der Waals surface area contributed by atoms with Gasteiger partial charge >= 0.3 is 0 Å². The summed E-state index contributed by atoms with van der Waals surface area (Å²) in [4.78, 5) is 9.88. The highest BCUT2D eigenvalue weighted by atomic mass is 16.6. The van der Waals surface area contributed by atoms with Crippen LogP contribution in [0.15, 0.2) is 0 Å². The van der Waals surface area contributed by atoms with Gasteiger partial charge in [-0.3, -0.25) is 4.79 Å². The van der Waals surface area contributed by atoms with Crippen LogP contribution >= 0.6 is 0 Å². The van der Waals surface area contributed by atoms with Gasteiger partial charge in [-0.05, 0) is 0 Å². The fourth-order valence-corrected chi connectivity index (χ4v) is 0.753. The molecule has 0 spiro atoms. The minimum absolute atomic E-state index is 0.125. The fraction of sp³-hybridized carbons (Fsp3) is 0.833. The van der Waals surface area contributed by atoms with E-state index in [-0.39, 0.29) is 6.47 Å².